The Hall–Kier alpha value is -2.29. The topological polar surface area (TPSA) is 80.5 Å². The van der Waals surface area contributed by atoms with E-state index >= 15 is 0 Å². The molecule has 0 spiro atoms. The smallest absolute Gasteiger partial charge is 0.207 e. The molecule has 20 heavy (non-hydrogen) atoms. The van der Waals surface area contributed by atoms with Crippen molar-refractivity contribution in [2.24, 2.45) is 0 Å². The van der Waals surface area contributed by atoms with Crippen LogP contribution >= 0.6 is 23.2 Å². The molecule has 98 valence electrons. The summed E-state index contributed by atoms with van der Waals surface area (Å²) in [6.07, 6.45) is 1.50. The van der Waals surface area contributed by atoms with Gasteiger partial charge in [0.15, 0.2) is 5.65 Å². The number of nitrogen functional groups attached to an aromatic ring is 1. The first-order valence-electron chi connectivity index (χ1n) is 5.59. The van der Waals surface area contributed by atoms with Gasteiger partial charge in [-0.15, -0.1) is 0 Å². The SMILES string of the molecule is N#Cc1ccc(Cl)c(-n2c(N)nc3cc(Cl)cnc32)c1. The number of hydrogen-bond acceptors (Lipinski definition) is 4. The minimum Gasteiger partial charge on any atom is -0.369 e. The van der Waals surface area contributed by atoms with Crippen molar-refractivity contribution in [1.29, 1.82) is 5.26 Å². The number of pyridine rings is 1. The quantitative estimate of drug-likeness (QED) is 0.748. The summed E-state index contributed by atoms with van der Waals surface area (Å²) in [4.78, 5) is 8.42. The molecule has 0 aliphatic heterocycles. The summed E-state index contributed by atoms with van der Waals surface area (Å²) in [5, 5.41) is 9.91. The average Bonchev–Trinajstić information content (AvgIpc) is 2.74. The number of aromatic nitrogens is 3. The number of hydrogen-bond donors (Lipinski definition) is 1. The number of anilines is 1. The number of rotatable bonds is 1. The zero-order chi connectivity index (χ0) is 14.3. The number of benzene rings is 1. The third-order valence-corrected chi connectivity index (χ3v) is 3.33. The van der Waals surface area contributed by atoms with Gasteiger partial charge < -0.3 is 5.73 Å². The molecule has 5 nitrogen and oxygen atoms in total. The lowest BCUT2D eigenvalue weighted by molar-refractivity contribution is 1.08. The maximum absolute atomic E-state index is 8.99. The van der Waals surface area contributed by atoms with E-state index in [-0.39, 0.29) is 5.95 Å². The van der Waals surface area contributed by atoms with Gasteiger partial charge in [0.2, 0.25) is 5.95 Å². The van der Waals surface area contributed by atoms with Gasteiger partial charge in [-0.25, -0.2) is 9.97 Å². The Morgan fingerprint density at radius 2 is 2.05 bits per heavy atom. The van der Waals surface area contributed by atoms with E-state index in [2.05, 4.69) is 16.0 Å². The Bertz CT molecular complexity index is 863. The Balaban J connectivity index is 2.35. The molecular weight excluding hydrogens is 297 g/mol. The minimum atomic E-state index is 0.228. The van der Waals surface area contributed by atoms with E-state index in [4.69, 9.17) is 34.2 Å². The zero-order valence-electron chi connectivity index (χ0n) is 10.0. The molecule has 2 heterocycles. The van der Waals surface area contributed by atoms with Crippen LogP contribution in [0, 0.1) is 11.3 Å². The summed E-state index contributed by atoms with van der Waals surface area (Å²) in [5.41, 5.74) is 8.05. The summed E-state index contributed by atoms with van der Waals surface area (Å²) in [7, 11) is 0. The standard InChI is InChI=1S/C13H7Cl2N5/c14-8-4-10-12(18-6-8)20(13(17)19-10)11-3-7(5-16)1-2-9(11)15/h1-4,6H,(H2,17,19). The van der Waals surface area contributed by atoms with E-state index in [1.54, 1.807) is 28.8 Å². The van der Waals surface area contributed by atoms with Crippen LogP contribution in [0.2, 0.25) is 10.0 Å². The van der Waals surface area contributed by atoms with Crippen molar-refractivity contribution in [3.63, 3.8) is 0 Å². The van der Waals surface area contributed by atoms with Gasteiger partial charge in [0.05, 0.1) is 27.4 Å². The molecule has 3 aromatic rings. The zero-order valence-corrected chi connectivity index (χ0v) is 11.5. The molecule has 0 unspecified atom stereocenters. The Morgan fingerprint density at radius 3 is 2.80 bits per heavy atom. The summed E-state index contributed by atoms with van der Waals surface area (Å²) >= 11 is 12.1. The van der Waals surface area contributed by atoms with Crippen molar-refractivity contribution in [1.82, 2.24) is 14.5 Å². The Morgan fingerprint density at radius 1 is 1.25 bits per heavy atom. The second kappa shape index (κ2) is 4.67. The summed E-state index contributed by atoms with van der Waals surface area (Å²) in [5.74, 6) is 0.228. The molecule has 0 atom stereocenters. The van der Waals surface area contributed by atoms with E-state index in [1.165, 1.54) is 6.20 Å². The average molecular weight is 304 g/mol. The van der Waals surface area contributed by atoms with Crippen molar-refractivity contribution in [2.45, 2.75) is 0 Å². The van der Waals surface area contributed by atoms with Crippen LogP contribution in [0.25, 0.3) is 16.9 Å². The van der Waals surface area contributed by atoms with E-state index < -0.39 is 0 Å². The van der Waals surface area contributed by atoms with E-state index in [9.17, 15) is 0 Å². The van der Waals surface area contributed by atoms with Crippen LogP contribution in [0.3, 0.4) is 0 Å². The maximum atomic E-state index is 8.99. The van der Waals surface area contributed by atoms with Gasteiger partial charge in [0.1, 0.15) is 5.52 Å². The van der Waals surface area contributed by atoms with Gasteiger partial charge in [0.25, 0.3) is 0 Å². The molecular formula is C13H7Cl2N5. The van der Waals surface area contributed by atoms with Gasteiger partial charge in [-0.3, -0.25) is 4.57 Å². The maximum Gasteiger partial charge on any atom is 0.207 e. The molecule has 0 amide bonds. The summed E-state index contributed by atoms with van der Waals surface area (Å²) in [6.45, 7) is 0. The number of fused-ring (bicyclic) bond motifs is 1. The fourth-order valence-corrected chi connectivity index (χ4v) is 2.30. The normalized spacial score (nSPS) is 10.7. The van der Waals surface area contributed by atoms with Crippen LogP contribution in [0.5, 0.6) is 0 Å². The van der Waals surface area contributed by atoms with Crippen LogP contribution in [-0.2, 0) is 0 Å². The lowest BCUT2D eigenvalue weighted by atomic mass is 10.2. The van der Waals surface area contributed by atoms with Crippen molar-refractivity contribution in [2.75, 3.05) is 5.73 Å². The van der Waals surface area contributed by atoms with Crippen molar-refractivity contribution >= 4 is 40.3 Å². The third-order valence-electron chi connectivity index (χ3n) is 2.81. The highest BCUT2D eigenvalue weighted by atomic mass is 35.5. The van der Waals surface area contributed by atoms with Crippen LogP contribution < -0.4 is 5.73 Å². The molecule has 0 aliphatic carbocycles. The molecule has 0 bridgehead atoms. The van der Waals surface area contributed by atoms with Gasteiger partial charge in [-0.1, -0.05) is 23.2 Å². The van der Waals surface area contributed by atoms with Gasteiger partial charge in [-0.05, 0) is 24.3 Å². The molecule has 3 rings (SSSR count). The highest BCUT2D eigenvalue weighted by molar-refractivity contribution is 6.32. The first-order chi connectivity index (χ1) is 9.60. The van der Waals surface area contributed by atoms with Gasteiger partial charge >= 0.3 is 0 Å². The molecule has 0 fully saturated rings. The predicted molar refractivity (Wildman–Crippen MR) is 78.0 cm³/mol. The highest BCUT2D eigenvalue weighted by Crippen LogP contribution is 2.28. The molecule has 2 N–H and O–H groups in total. The second-order valence-electron chi connectivity index (χ2n) is 4.08. The van der Waals surface area contributed by atoms with Crippen LogP contribution in [0.1, 0.15) is 5.56 Å². The molecule has 2 aromatic heterocycles. The van der Waals surface area contributed by atoms with Gasteiger partial charge in [0, 0.05) is 6.20 Å². The monoisotopic (exact) mass is 303 g/mol. The molecule has 0 radical (unpaired) electrons. The fraction of sp³-hybridized carbons (Fsp3) is 0. The summed E-state index contributed by atoms with van der Waals surface area (Å²) < 4.78 is 1.59. The summed E-state index contributed by atoms with van der Waals surface area (Å²) in [6, 6.07) is 8.62. The number of nitriles is 1. The number of nitrogens with zero attached hydrogens (tertiary/aromatic N) is 4. The number of imidazole rings is 1. The highest BCUT2D eigenvalue weighted by Gasteiger charge is 2.14. The fourth-order valence-electron chi connectivity index (χ4n) is 1.95. The number of halogens is 2. The molecule has 0 saturated heterocycles. The van der Waals surface area contributed by atoms with Crippen LogP contribution in [-0.4, -0.2) is 14.5 Å². The van der Waals surface area contributed by atoms with Crippen molar-refractivity contribution < 1.29 is 0 Å². The molecule has 0 aliphatic rings. The van der Waals surface area contributed by atoms with E-state index in [0.29, 0.717) is 32.5 Å². The lowest BCUT2D eigenvalue weighted by Crippen LogP contribution is -2.02. The molecule has 1 aromatic carbocycles. The van der Waals surface area contributed by atoms with Crippen molar-refractivity contribution in [3.8, 4) is 11.8 Å². The first-order valence-corrected chi connectivity index (χ1v) is 6.35. The number of nitrogens with two attached hydrogens (primary N) is 1. The largest absolute Gasteiger partial charge is 0.369 e. The second-order valence-corrected chi connectivity index (χ2v) is 4.92. The third kappa shape index (κ3) is 1.95. The van der Waals surface area contributed by atoms with E-state index in [1.807, 2.05) is 0 Å². The first kappa shape index (κ1) is 12.7. The van der Waals surface area contributed by atoms with Crippen LogP contribution in [0.4, 0.5) is 5.95 Å². The Labute approximate surface area is 124 Å². The van der Waals surface area contributed by atoms with E-state index in [0.717, 1.165) is 0 Å². The van der Waals surface area contributed by atoms with Crippen molar-refractivity contribution in [3.05, 3.63) is 46.1 Å². The molecule has 7 heteroatoms. The van der Waals surface area contributed by atoms with Crippen LogP contribution in [0.15, 0.2) is 30.5 Å². The lowest BCUT2D eigenvalue weighted by Gasteiger charge is -2.08. The minimum absolute atomic E-state index is 0.228. The Kier molecular flexibility index (Phi) is 2.97. The molecule has 0 saturated carbocycles. The van der Waals surface area contributed by atoms with Gasteiger partial charge in [-0.2, -0.15) is 5.26 Å². The predicted octanol–water partition coefficient (Wildman–Crippen LogP) is 3.18.